The van der Waals surface area contributed by atoms with Gasteiger partial charge in [0.25, 0.3) is 0 Å². The first kappa shape index (κ1) is 16.5. The van der Waals surface area contributed by atoms with E-state index >= 15 is 0 Å². The van der Waals surface area contributed by atoms with E-state index in [1.165, 1.54) is 11.6 Å². The van der Waals surface area contributed by atoms with Gasteiger partial charge < -0.3 is 9.84 Å². The lowest BCUT2D eigenvalue weighted by Gasteiger charge is -1.85. The summed E-state index contributed by atoms with van der Waals surface area (Å²) in [5, 5.41) is 7.76. The van der Waals surface area contributed by atoms with Crippen molar-refractivity contribution in [2.24, 2.45) is 0 Å². The van der Waals surface area contributed by atoms with Gasteiger partial charge in [-0.3, -0.25) is 0 Å². The van der Waals surface area contributed by atoms with Crippen LogP contribution >= 0.6 is 0 Å². The predicted molar refractivity (Wildman–Crippen MR) is 74.1 cm³/mol. The normalized spacial score (nSPS) is 11.4. The second-order valence-electron chi connectivity index (χ2n) is 3.16. The molecule has 4 nitrogen and oxygen atoms in total. The van der Waals surface area contributed by atoms with Crippen LogP contribution in [-0.4, -0.2) is 23.7 Å². The molecule has 0 atom stereocenters. The molecule has 0 radical (unpaired) electrons. The Morgan fingerprint density at radius 1 is 1.05 bits per heavy atom. The minimum atomic E-state index is -0.579. The Morgan fingerprint density at radius 2 is 1.53 bits per heavy atom. The summed E-state index contributed by atoms with van der Waals surface area (Å²) in [6.45, 7) is 6.94. The summed E-state index contributed by atoms with van der Waals surface area (Å²) in [6.07, 6.45) is 5.44. The molecular formula is C15H16O4. The van der Waals surface area contributed by atoms with Crippen molar-refractivity contribution in [1.29, 1.82) is 0 Å². The highest BCUT2D eigenvalue weighted by Crippen LogP contribution is 1.97. The van der Waals surface area contributed by atoms with Crippen LogP contribution in [0.25, 0.3) is 6.08 Å². The zero-order valence-corrected chi connectivity index (χ0v) is 10.5. The molecule has 0 spiro atoms. The van der Waals surface area contributed by atoms with Gasteiger partial charge in [0.05, 0.1) is 6.61 Å². The summed E-state index contributed by atoms with van der Waals surface area (Å²) in [4.78, 5) is 19.8. The van der Waals surface area contributed by atoms with Crippen molar-refractivity contribution >= 4 is 18.0 Å². The van der Waals surface area contributed by atoms with Crippen molar-refractivity contribution in [3.63, 3.8) is 0 Å². The van der Waals surface area contributed by atoms with Gasteiger partial charge in [-0.25, -0.2) is 9.59 Å². The molecule has 0 aromatic heterocycles. The summed E-state index contributed by atoms with van der Waals surface area (Å²) in [5.41, 5.74) is 1.17. The van der Waals surface area contributed by atoms with Crippen molar-refractivity contribution in [3.05, 3.63) is 67.3 Å². The predicted octanol–water partition coefficient (Wildman–Crippen LogP) is 2.12. The third-order valence-electron chi connectivity index (χ3n) is 1.72. The van der Waals surface area contributed by atoms with E-state index in [9.17, 15) is 9.59 Å². The number of carbonyl (C=O) groups excluding carboxylic acids is 2. The smallest absolute Gasteiger partial charge is 0.338 e. The standard InChI is InChI=1S/C8H8.C4H2O3.C3H6O/c1-2-8-6-4-3-5-7-8;5-3-1-2-4(6)7-3;1-2-3-4/h2-7H,1H2;1-2H;2,4H,1,3H2. The number of aliphatic hydroxyl groups excluding tert-OH is 1. The van der Waals surface area contributed by atoms with Gasteiger partial charge in [-0.15, -0.1) is 6.58 Å². The van der Waals surface area contributed by atoms with Crippen molar-refractivity contribution in [3.8, 4) is 0 Å². The van der Waals surface area contributed by atoms with Crippen LogP contribution < -0.4 is 0 Å². The summed E-state index contributed by atoms with van der Waals surface area (Å²) in [6, 6.07) is 10.0. The van der Waals surface area contributed by atoms with E-state index in [4.69, 9.17) is 5.11 Å². The Bertz CT molecular complexity index is 430. The van der Waals surface area contributed by atoms with Crippen LogP contribution in [0.5, 0.6) is 0 Å². The van der Waals surface area contributed by atoms with E-state index in [0.29, 0.717) is 0 Å². The van der Waals surface area contributed by atoms with E-state index in [2.05, 4.69) is 17.9 Å². The highest BCUT2D eigenvalue weighted by Gasteiger charge is 2.10. The molecule has 1 aromatic carbocycles. The number of rotatable bonds is 2. The largest absolute Gasteiger partial charge is 0.392 e. The molecule has 0 unspecified atom stereocenters. The van der Waals surface area contributed by atoms with Crippen LogP contribution in [-0.2, 0) is 14.3 Å². The van der Waals surface area contributed by atoms with Crippen LogP contribution in [0.4, 0.5) is 0 Å². The first-order valence-corrected chi connectivity index (χ1v) is 5.47. The number of aliphatic hydroxyl groups is 1. The molecule has 0 bridgehead atoms. The van der Waals surface area contributed by atoms with E-state index in [-0.39, 0.29) is 6.61 Å². The fraction of sp³-hybridized carbons (Fsp3) is 0.0667. The van der Waals surface area contributed by atoms with Gasteiger partial charge in [0, 0.05) is 12.2 Å². The van der Waals surface area contributed by atoms with Gasteiger partial charge in [-0.2, -0.15) is 0 Å². The first-order valence-electron chi connectivity index (χ1n) is 5.47. The van der Waals surface area contributed by atoms with Crippen LogP contribution in [0.1, 0.15) is 5.56 Å². The zero-order chi connectivity index (χ0) is 14.5. The number of carbonyl (C=O) groups is 2. The fourth-order valence-electron chi connectivity index (χ4n) is 0.892. The van der Waals surface area contributed by atoms with E-state index < -0.39 is 11.9 Å². The molecule has 100 valence electrons. The lowest BCUT2D eigenvalue weighted by atomic mass is 10.2. The maximum absolute atomic E-state index is 9.92. The molecule has 1 aliphatic heterocycles. The highest BCUT2D eigenvalue weighted by molar-refractivity contribution is 6.04. The van der Waals surface area contributed by atoms with Gasteiger partial charge in [0.1, 0.15) is 0 Å². The molecule has 0 saturated heterocycles. The van der Waals surface area contributed by atoms with Crippen molar-refractivity contribution in [1.82, 2.24) is 0 Å². The fourth-order valence-corrected chi connectivity index (χ4v) is 0.892. The average Bonchev–Trinajstić information content (AvgIpc) is 2.84. The maximum Gasteiger partial charge on any atom is 0.338 e. The van der Waals surface area contributed by atoms with Crippen molar-refractivity contribution in [2.45, 2.75) is 0 Å². The lowest BCUT2D eigenvalue weighted by molar-refractivity contribution is -0.150. The minimum absolute atomic E-state index is 0.0833. The summed E-state index contributed by atoms with van der Waals surface area (Å²) in [5.74, 6) is -1.16. The maximum atomic E-state index is 9.92. The molecule has 1 N–H and O–H groups in total. The van der Waals surface area contributed by atoms with Crippen LogP contribution in [0.15, 0.2) is 61.7 Å². The summed E-state index contributed by atoms with van der Waals surface area (Å²) >= 11 is 0. The van der Waals surface area contributed by atoms with Gasteiger partial charge in [0.2, 0.25) is 0 Å². The molecule has 1 aliphatic rings. The summed E-state index contributed by atoms with van der Waals surface area (Å²) < 4.78 is 3.97. The molecule has 0 aliphatic carbocycles. The quantitative estimate of drug-likeness (QED) is 0.502. The Labute approximate surface area is 112 Å². The van der Waals surface area contributed by atoms with Crippen LogP contribution in [0.2, 0.25) is 0 Å². The van der Waals surface area contributed by atoms with Gasteiger partial charge in [-0.05, 0) is 5.56 Å². The second kappa shape index (κ2) is 10.7. The molecule has 2 rings (SSSR count). The van der Waals surface area contributed by atoms with E-state index in [0.717, 1.165) is 12.2 Å². The van der Waals surface area contributed by atoms with Crippen LogP contribution in [0.3, 0.4) is 0 Å². The monoisotopic (exact) mass is 260 g/mol. The van der Waals surface area contributed by atoms with E-state index in [1.54, 1.807) is 0 Å². The van der Waals surface area contributed by atoms with Crippen LogP contribution in [0, 0.1) is 0 Å². The molecule has 1 aromatic rings. The third-order valence-corrected chi connectivity index (χ3v) is 1.72. The Hall–Kier alpha value is -2.46. The molecule has 1 heterocycles. The van der Waals surface area contributed by atoms with Gasteiger partial charge >= 0.3 is 11.9 Å². The molecule has 0 amide bonds. The number of cyclic esters (lactones) is 2. The second-order valence-corrected chi connectivity index (χ2v) is 3.16. The molecule has 0 saturated carbocycles. The third kappa shape index (κ3) is 9.26. The minimum Gasteiger partial charge on any atom is -0.392 e. The number of hydrogen-bond donors (Lipinski definition) is 1. The highest BCUT2D eigenvalue weighted by atomic mass is 16.6. The zero-order valence-electron chi connectivity index (χ0n) is 10.5. The Balaban J connectivity index is 0.000000272. The number of benzene rings is 1. The lowest BCUT2D eigenvalue weighted by Crippen LogP contribution is -1.96. The van der Waals surface area contributed by atoms with Crippen molar-refractivity contribution in [2.75, 3.05) is 6.61 Å². The SMILES string of the molecule is C=CCO.C=Cc1ccccc1.O=C1C=CC(=O)O1. The number of esters is 2. The van der Waals surface area contributed by atoms with E-state index in [1.807, 2.05) is 36.4 Å². The molecule has 4 heteroatoms. The Morgan fingerprint density at radius 3 is 1.74 bits per heavy atom. The Kier molecular flexibility index (Phi) is 9.30. The molecular weight excluding hydrogens is 244 g/mol. The number of ether oxygens (including phenoxy) is 1. The van der Waals surface area contributed by atoms with Gasteiger partial charge in [-0.1, -0.05) is 49.1 Å². The van der Waals surface area contributed by atoms with Crippen molar-refractivity contribution < 1.29 is 19.4 Å². The number of hydrogen-bond acceptors (Lipinski definition) is 4. The molecule has 0 fully saturated rings. The van der Waals surface area contributed by atoms with Gasteiger partial charge in [0.15, 0.2) is 0 Å². The molecule has 19 heavy (non-hydrogen) atoms. The average molecular weight is 260 g/mol. The topological polar surface area (TPSA) is 63.6 Å². The summed E-state index contributed by atoms with van der Waals surface area (Å²) in [7, 11) is 0. The first-order chi connectivity index (χ1) is 9.13.